The van der Waals surface area contributed by atoms with Crippen LogP contribution in [0, 0.1) is 4.77 Å². The molecule has 0 radical (unpaired) electrons. The Kier molecular flexibility index (Phi) is 5.35. The van der Waals surface area contributed by atoms with E-state index in [1.54, 1.807) is 14.2 Å². The van der Waals surface area contributed by atoms with E-state index in [0.29, 0.717) is 30.9 Å². The predicted molar refractivity (Wildman–Crippen MR) is 83.2 cm³/mol. The maximum Gasteiger partial charge on any atom is 0.221 e. The largest absolute Gasteiger partial charge is 0.494 e. The van der Waals surface area contributed by atoms with E-state index in [1.807, 2.05) is 22.8 Å². The van der Waals surface area contributed by atoms with Crippen molar-refractivity contribution in [3.05, 3.63) is 23.0 Å². The van der Waals surface area contributed by atoms with Crippen LogP contribution in [0.15, 0.2) is 18.2 Å². The first-order valence-electron chi connectivity index (χ1n) is 6.68. The quantitative estimate of drug-likeness (QED) is 0.605. The number of amides is 1. The van der Waals surface area contributed by atoms with Gasteiger partial charge in [0.25, 0.3) is 0 Å². The summed E-state index contributed by atoms with van der Waals surface area (Å²) in [7, 11) is 3.22. The van der Waals surface area contributed by atoms with Crippen molar-refractivity contribution >= 4 is 29.2 Å². The lowest BCUT2D eigenvalue weighted by atomic mass is 10.3. The molecule has 7 heteroatoms. The molecule has 1 aromatic heterocycles. The van der Waals surface area contributed by atoms with Gasteiger partial charge in [0.1, 0.15) is 11.3 Å². The zero-order chi connectivity index (χ0) is 15.2. The molecule has 0 fully saturated rings. The number of aromatic amines is 1. The highest BCUT2D eigenvalue weighted by molar-refractivity contribution is 7.71. The van der Waals surface area contributed by atoms with Crippen molar-refractivity contribution in [2.75, 3.05) is 27.4 Å². The van der Waals surface area contributed by atoms with Gasteiger partial charge in [0.15, 0.2) is 4.77 Å². The van der Waals surface area contributed by atoms with Crippen molar-refractivity contribution in [1.82, 2.24) is 14.9 Å². The highest BCUT2D eigenvalue weighted by Gasteiger charge is 2.10. The van der Waals surface area contributed by atoms with Crippen LogP contribution in [0.25, 0.3) is 11.0 Å². The first-order chi connectivity index (χ1) is 10.2. The summed E-state index contributed by atoms with van der Waals surface area (Å²) in [6.45, 7) is 1.54. The van der Waals surface area contributed by atoms with Crippen molar-refractivity contribution in [2.45, 2.75) is 13.0 Å². The molecule has 0 saturated heterocycles. The van der Waals surface area contributed by atoms with Gasteiger partial charge in [0.05, 0.1) is 19.2 Å². The molecule has 0 aliphatic heterocycles. The molecule has 2 rings (SSSR count). The van der Waals surface area contributed by atoms with E-state index in [-0.39, 0.29) is 5.91 Å². The van der Waals surface area contributed by atoms with Gasteiger partial charge in [-0.05, 0) is 24.4 Å². The van der Waals surface area contributed by atoms with Crippen molar-refractivity contribution in [2.24, 2.45) is 0 Å². The van der Waals surface area contributed by atoms with E-state index < -0.39 is 0 Å². The zero-order valence-corrected chi connectivity index (χ0v) is 13.0. The van der Waals surface area contributed by atoms with Gasteiger partial charge in [-0.25, -0.2) is 0 Å². The van der Waals surface area contributed by atoms with Gasteiger partial charge in [-0.15, -0.1) is 0 Å². The highest BCUT2D eigenvalue weighted by Crippen LogP contribution is 2.24. The number of para-hydroxylation sites is 1. The smallest absolute Gasteiger partial charge is 0.221 e. The molecule has 1 amide bonds. The Morgan fingerprint density at radius 3 is 2.95 bits per heavy atom. The first kappa shape index (κ1) is 15.5. The number of methoxy groups -OCH3 is 2. The molecule has 0 aliphatic rings. The number of carbonyl (C=O) groups excluding carboxylic acids is 1. The number of hydrogen-bond acceptors (Lipinski definition) is 4. The number of imidazole rings is 1. The van der Waals surface area contributed by atoms with Crippen molar-refractivity contribution < 1.29 is 14.3 Å². The van der Waals surface area contributed by atoms with Crippen molar-refractivity contribution in [3.8, 4) is 5.75 Å². The van der Waals surface area contributed by atoms with Crippen LogP contribution in [-0.4, -0.2) is 42.8 Å². The molecule has 0 unspecified atom stereocenters. The average molecular weight is 309 g/mol. The standard InChI is InChI=1S/C14H19N3O3S/c1-19-9-7-15-12(18)6-8-17-10-4-3-5-11(20-2)13(10)16-14(17)21/h3-5H,6-9H2,1-2H3,(H,15,18)(H,16,21). The number of ether oxygens (including phenoxy) is 2. The Hall–Kier alpha value is -1.86. The lowest BCUT2D eigenvalue weighted by Crippen LogP contribution is -2.27. The number of aryl methyl sites for hydroxylation is 1. The lowest BCUT2D eigenvalue weighted by Gasteiger charge is -2.07. The van der Waals surface area contributed by atoms with Crippen LogP contribution >= 0.6 is 12.2 Å². The highest BCUT2D eigenvalue weighted by atomic mass is 32.1. The molecular formula is C14H19N3O3S. The van der Waals surface area contributed by atoms with Crippen LogP contribution in [-0.2, 0) is 16.1 Å². The zero-order valence-electron chi connectivity index (χ0n) is 12.1. The van der Waals surface area contributed by atoms with Gasteiger partial charge in [-0.3, -0.25) is 4.79 Å². The summed E-state index contributed by atoms with van der Waals surface area (Å²) in [4.78, 5) is 14.9. The van der Waals surface area contributed by atoms with Gasteiger partial charge in [-0.1, -0.05) is 6.07 Å². The molecule has 0 aliphatic carbocycles. The Labute approximate surface area is 128 Å². The Balaban J connectivity index is 2.10. The molecule has 0 saturated carbocycles. The third-order valence-electron chi connectivity index (χ3n) is 3.18. The fraction of sp³-hybridized carbons (Fsp3) is 0.429. The van der Waals surface area contributed by atoms with Crippen LogP contribution in [0.3, 0.4) is 0 Å². The fourth-order valence-corrected chi connectivity index (χ4v) is 2.43. The predicted octanol–water partition coefficient (Wildman–Crippen LogP) is 1.86. The fourth-order valence-electron chi connectivity index (χ4n) is 2.14. The van der Waals surface area contributed by atoms with Crippen LogP contribution in [0.1, 0.15) is 6.42 Å². The number of aromatic nitrogens is 2. The van der Waals surface area contributed by atoms with Crippen molar-refractivity contribution in [1.29, 1.82) is 0 Å². The number of nitrogens with zero attached hydrogens (tertiary/aromatic N) is 1. The molecule has 114 valence electrons. The van der Waals surface area contributed by atoms with E-state index in [9.17, 15) is 4.79 Å². The van der Waals surface area contributed by atoms with E-state index in [2.05, 4.69) is 10.3 Å². The third kappa shape index (κ3) is 3.62. The maximum atomic E-state index is 11.7. The Morgan fingerprint density at radius 2 is 2.24 bits per heavy atom. The minimum atomic E-state index is -0.0220. The topological polar surface area (TPSA) is 68.3 Å². The summed E-state index contributed by atoms with van der Waals surface area (Å²) in [6.07, 6.45) is 0.363. The molecule has 0 bridgehead atoms. The van der Waals surface area contributed by atoms with Gasteiger partial charge in [0.2, 0.25) is 5.91 Å². The molecule has 21 heavy (non-hydrogen) atoms. The third-order valence-corrected chi connectivity index (χ3v) is 3.51. The molecular weight excluding hydrogens is 290 g/mol. The first-order valence-corrected chi connectivity index (χ1v) is 7.09. The maximum absolute atomic E-state index is 11.7. The Bertz CT molecular complexity index is 678. The van der Waals surface area contributed by atoms with Gasteiger partial charge >= 0.3 is 0 Å². The molecule has 0 spiro atoms. The van der Waals surface area contributed by atoms with E-state index >= 15 is 0 Å². The number of hydrogen-bond donors (Lipinski definition) is 2. The Morgan fingerprint density at radius 1 is 1.43 bits per heavy atom. The SMILES string of the molecule is COCCNC(=O)CCn1c(=S)[nH]c2c(OC)cccc21. The number of rotatable bonds is 7. The van der Waals surface area contributed by atoms with Crippen LogP contribution < -0.4 is 10.1 Å². The summed E-state index contributed by atoms with van der Waals surface area (Å²) in [5.74, 6) is 0.716. The van der Waals surface area contributed by atoms with Gasteiger partial charge in [0, 0.05) is 26.6 Å². The lowest BCUT2D eigenvalue weighted by molar-refractivity contribution is -0.121. The van der Waals surface area contributed by atoms with Gasteiger partial charge in [-0.2, -0.15) is 0 Å². The van der Waals surface area contributed by atoms with Crippen molar-refractivity contribution in [3.63, 3.8) is 0 Å². The average Bonchev–Trinajstić information content (AvgIpc) is 2.80. The van der Waals surface area contributed by atoms with E-state index in [1.165, 1.54) is 0 Å². The van der Waals surface area contributed by atoms with Crippen LogP contribution in [0.5, 0.6) is 5.75 Å². The second-order valence-corrected chi connectivity index (χ2v) is 4.92. The number of H-pyrrole nitrogens is 1. The number of benzene rings is 1. The normalized spacial score (nSPS) is 10.8. The number of carbonyl (C=O) groups is 1. The summed E-state index contributed by atoms with van der Waals surface area (Å²) in [6, 6.07) is 5.72. The monoisotopic (exact) mass is 309 g/mol. The summed E-state index contributed by atoms with van der Waals surface area (Å²) in [5, 5.41) is 2.79. The second-order valence-electron chi connectivity index (χ2n) is 4.53. The van der Waals surface area contributed by atoms with Crippen LogP contribution in [0.2, 0.25) is 0 Å². The second kappa shape index (κ2) is 7.24. The molecule has 2 aromatic rings. The molecule has 6 nitrogen and oxygen atoms in total. The summed E-state index contributed by atoms with van der Waals surface area (Å²) >= 11 is 5.32. The summed E-state index contributed by atoms with van der Waals surface area (Å²) < 4.78 is 12.7. The van der Waals surface area contributed by atoms with E-state index in [0.717, 1.165) is 16.8 Å². The number of fused-ring (bicyclic) bond motifs is 1. The van der Waals surface area contributed by atoms with Gasteiger partial charge < -0.3 is 24.3 Å². The number of nitrogens with one attached hydrogen (secondary N) is 2. The minimum absolute atomic E-state index is 0.0220. The minimum Gasteiger partial charge on any atom is -0.494 e. The molecule has 1 aromatic carbocycles. The molecule has 2 N–H and O–H groups in total. The molecule has 0 atom stereocenters. The molecule has 1 heterocycles. The summed E-state index contributed by atoms with van der Waals surface area (Å²) in [5.41, 5.74) is 1.79. The van der Waals surface area contributed by atoms with Crippen LogP contribution in [0.4, 0.5) is 0 Å². The van der Waals surface area contributed by atoms with E-state index in [4.69, 9.17) is 21.7 Å².